The summed E-state index contributed by atoms with van der Waals surface area (Å²) in [5.41, 5.74) is 3.02. The Morgan fingerprint density at radius 3 is 1.26 bits per heavy atom. The summed E-state index contributed by atoms with van der Waals surface area (Å²) in [7, 11) is 15.4. The van der Waals surface area contributed by atoms with Crippen LogP contribution in [-0.2, 0) is 13.1 Å². The summed E-state index contributed by atoms with van der Waals surface area (Å²) in [6, 6.07) is 16.1. The number of ether oxygens (including phenoxy) is 2. The third-order valence-electron chi connectivity index (χ3n) is 6.60. The van der Waals surface area contributed by atoms with E-state index in [1.807, 2.05) is 0 Å². The number of benzene rings is 2. The van der Waals surface area contributed by atoms with Crippen LogP contribution in [0.2, 0.25) is 0 Å². The van der Waals surface area contributed by atoms with Gasteiger partial charge >= 0.3 is 45.3 Å². The van der Waals surface area contributed by atoms with Crippen molar-refractivity contribution >= 4 is 55.3 Å². The molecule has 2 amide bonds. The molecular formula is C32H32Cl2CuN4O8. The zero-order chi connectivity index (χ0) is 35.3. The maximum atomic E-state index is 12.5. The number of methoxy groups -OCH3 is 2. The number of carbonyl (C=O) groups is 4. The molecule has 0 aliphatic rings. The third-order valence-corrected chi connectivity index (χ3v) is 6.60. The van der Waals surface area contributed by atoms with Crippen LogP contribution in [0, 0.1) is 13.8 Å². The van der Waals surface area contributed by atoms with Crippen molar-refractivity contribution in [2.24, 2.45) is 0 Å². The van der Waals surface area contributed by atoms with Gasteiger partial charge in [0.15, 0.2) is 0 Å². The van der Waals surface area contributed by atoms with Crippen molar-refractivity contribution in [2.45, 2.75) is 13.8 Å². The second-order valence-corrected chi connectivity index (χ2v) is 11.1. The first kappa shape index (κ1) is 38.5. The van der Waals surface area contributed by atoms with Gasteiger partial charge in [-0.3, -0.25) is 9.59 Å². The monoisotopic (exact) mass is 733 g/mol. The number of carboxylic acid groups (broad SMARTS) is 2. The number of carbonyl (C=O) groups excluding carboxylic acids is 2. The summed E-state index contributed by atoms with van der Waals surface area (Å²) < 4.78 is 9.90. The second kappa shape index (κ2) is 18.5. The molecule has 15 heteroatoms. The van der Waals surface area contributed by atoms with Crippen LogP contribution in [0.4, 0.5) is 11.4 Å². The number of aromatic nitrogens is 2. The number of hydrogen-bond donors (Lipinski definition) is 2. The molecule has 47 heavy (non-hydrogen) atoms. The Balaban J connectivity index is 0.000000302. The van der Waals surface area contributed by atoms with Crippen LogP contribution in [0.1, 0.15) is 52.6 Å². The van der Waals surface area contributed by atoms with Crippen molar-refractivity contribution in [3.05, 3.63) is 106 Å². The summed E-state index contributed by atoms with van der Waals surface area (Å²) in [5, 5.41) is 18.6. The molecule has 2 aromatic carbocycles. The number of anilines is 2. The SMILES string of the molecule is COc1ccc(C(=O)N(C)c2c(C)cccc2C(=O)O)cn1.COc1ccc(C(=O)N(C)c2c(C)cccc2C(=O)O)cn1.[Cl][Cu][Cl]. The minimum atomic E-state index is -1.08. The molecule has 253 valence electrons. The number of aryl methyl sites for hydroxylation is 2. The molecule has 0 spiro atoms. The van der Waals surface area contributed by atoms with E-state index in [1.165, 1.54) is 48.5 Å². The van der Waals surface area contributed by atoms with Gasteiger partial charge < -0.3 is 29.5 Å². The molecule has 0 atom stereocenters. The predicted octanol–water partition coefficient (Wildman–Crippen LogP) is 6.12. The molecule has 0 unspecified atom stereocenters. The molecule has 0 radical (unpaired) electrons. The van der Waals surface area contributed by atoms with Gasteiger partial charge in [-0.2, -0.15) is 0 Å². The van der Waals surface area contributed by atoms with Crippen LogP contribution >= 0.6 is 20.2 Å². The fourth-order valence-corrected chi connectivity index (χ4v) is 4.40. The molecule has 0 aliphatic carbocycles. The van der Waals surface area contributed by atoms with Gasteiger partial charge in [-0.15, -0.1) is 0 Å². The van der Waals surface area contributed by atoms with Crippen LogP contribution in [-0.4, -0.2) is 72.2 Å². The average Bonchev–Trinajstić information content (AvgIpc) is 3.07. The fraction of sp³-hybridized carbons (Fsp3) is 0.188. The summed E-state index contributed by atoms with van der Waals surface area (Å²) in [5.74, 6) is -2.03. The number of para-hydroxylation sites is 2. The maximum absolute atomic E-state index is 12.5. The van der Waals surface area contributed by atoms with E-state index in [0.717, 1.165) is 13.1 Å². The summed E-state index contributed by atoms with van der Waals surface area (Å²) in [6.45, 7) is 3.52. The van der Waals surface area contributed by atoms with Gasteiger partial charge in [0.05, 0.1) is 47.8 Å². The molecule has 0 saturated carbocycles. The zero-order valence-electron chi connectivity index (χ0n) is 26.1. The van der Waals surface area contributed by atoms with Gasteiger partial charge in [-0.1, -0.05) is 24.3 Å². The van der Waals surface area contributed by atoms with Gasteiger partial charge in [-0.25, -0.2) is 19.6 Å². The zero-order valence-corrected chi connectivity index (χ0v) is 28.6. The van der Waals surface area contributed by atoms with Crippen LogP contribution in [0.3, 0.4) is 0 Å². The molecule has 2 aromatic heterocycles. The Morgan fingerprint density at radius 2 is 1.00 bits per heavy atom. The van der Waals surface area contributed by atoms with Crippen LogP contribution in [0.15, 0.2) is 73.1 Å². The normalized spacial score (nSPS) is 9.96. The molecule has 0 fully saturated rings. The fourth-order valence-electron chi connectivity index (χ4n) is 4.40. The molecular weight excluding hydrogens is 703 g/mol. The Morgan fingerprint density at radius 1 is 0.660 bits per heavy atom. The van der Waals surface area contributed by atoms with E-state index in [2.05, 4.69) is 30.2 Å². The van der Waals surface area contributed by atoms with Crippen molar-refractivity contribution in [3.63, 3.8) is 0 Å². The molecule has 0 bridgehead atoms. The number of rotatable bonds is 8. The van der Waals surface area contributed by atoms with Gasteiger partial charge in [0.2, 0.25) is 11.8 Å². The summed E-state index contributed by atoms with van der Waals surface area (Å²) in [4.78, 5) is 58.4. The van der Waals surface area contributed by atoms with Crippen molar-refractivity contribution in [1.29, 1.82) is 0 Å². The molecule has 4 aromatic rings. The first-order chi connectivity index (χ1) is 22.3. The van der Waals surface area contributed by atoms with E-state index in [9.17, 15) is 29.4 Å². The Labute approximate surface area is 286 Å². The number of hydrogen-bond acceptors (Lipinski definition) is 8. The Kier molecular flexibility index (Phi) is 15.1. The molecule has 2 heterocycles. The standard InChI is InChI=1S/2C16H16N2O4.2ClH.Cu/c2*1-10-5-4-6-12(16(20)21)14(10)18(2)15(19)11-7-8-13(22-3)17-9-11;;;/h2*4-9H,1-3H3,(H,20,21);2*1H;/q;;;;+2/p-2. The van der Waals surface area contributed by atoms with Crippen molar-refractivity contribution in [1.82, 2.24) is 9.97 Å². The topological polar surface area (TPSA) is 159 Å². The summed E-state index contributed by atoms with van der Waals surface area (Å²) in [6.07, 6.45) is 2.80. The van der Waals surface area contributed by atoms with E-state index in [4.69, 9.17) is 9.47 Å². The van der Waals surface area contributed by atoms with E-state index < -0.39 is 11.9 Å². The van der Waals surface area contributed by atoms with Gasteiger partial charge in [0.25, 0.3) is 11.8 Å². The first-order valence-electron chi connectivity index (χ1n) is 13.4. The van der Waals surface area contributed by atoms with Crippen LogP contribution in [0.25, 0.3) is 0 Å². The molecule has 12 nitrogen and oxygen atoms in total. The third kappa shape index (κ3) is 10.2. The van der Waals surface area contributed by atoms with E-state index >= 15 is 0 Å². The van der Waals surface area contributed by atoms with Crippen LogP contribution < -0.4 is 19.3 Å². The van der Waals surface area contributed by atoms with Gasteiger partial charge in [-0.05, 0) is 49.2 Å². The number of aromatic carboxylic acids is 2. The molecule has 0 saturated heterocycles. The number of carboxylic acids is 2. The molecule has 2 N–H and O–H groups in total. The number of nitrogens with zero attached hydrogens (tertiary/aromatic N) is 4. The van der Waals surface area contributed by atoms with Gasteiger partial charge in [0.1, 0.15) is 0 Å². The minimum absolute atomic E-state index is 0.0809. The predicted molar refractivity (Wildman–Crippen MR) is 175 cm³/mol. The van der Waals surface area contributed by atoms with E-state index in [-0.39, 0.29) is 22.9 Å². The second-order valence-electron chi connectivity index (χ2n) is 9.50. The van der Waals surface area contributed by atoms with Crippen LogP contribution in [0.5, 0.6) is 11.8 Å². The Hall–Kier alpha value is -4.68. The first-order valence-corrected chi connectivity index (χ1v) is 15.9. The number of amides is 2. The average molecular weight is 735 g/mol. The van der Waals surface area contributed by atoms with Crippen molar-refractivity contribution in [2.75, 3.05) is 38.1 Å². The quantitative estimate of drug-likeness (QED) is 0.202. The molecule has 0 aliphatic heterocycles. The number of halogens is 2. The molecule has 4 rings (SSSR count). The van der Waals surface area contributed by atoms with Crippen molar-refractivity contribution < 1.29 is 52.0 Å². The van der Waals surface area contributed by atoms with E-state index in [0.29, 0.717) is 45.4 Å². The van der Waals surface area contributed by atoms with Crippen molar-refractivity contribution in [3.8, 4) is 11.8 Å². The van der Waals surface area contributed by atoms with E-state index in [1.54, 1.807) is 76.5 Å². The summed E-state index contributed by atoms with van der Waals surface area (Å²) >= 11 is 0.757. The van der Waals surface area contributed by atoms with Gasteiger partial charge in [0, 0.05) is 38.6 Å². The Bertz CT molecular complexity index is 1580. The number of pyridine rings is 2.